The van der Waals surface area contributed by atoms with Gasteiger partial charge in [0.25, 0.3) is 0 Å². The van der Waals surface area contributed by atoms with E-state index in [-0.39, 0.29) is 0 Å². The predicted octanol–water partition coefficient (Wildman–Crippen LogP) is 1.57. The van der Waals surface area contributed by atoms with Crippen molar-refractivity contribution in [2.75, 3.05) is 0 Å². The Morgan fingerprint density at radius 2 is 1.58 bits per heavy atom. The van der Waals surface area contributed by atoms with Crippen molar-refractivity contribution in [2.45, 2.75) is 25.1 Å². The number of hydrogen-bond acceptors (Lipinski definition) is 1. The van der Waals surface area contributed by atoms with E-state index in [0.717, 1.165) is 6.92 Å². The maximum Gasteiger partial charge on any atom is 0.466 e. The molecule has 0 aromatic rings. The molecule has 0 rings (SSSR count). The second kappa shape index (κ2) is 3.27. The summed E-state index contributed by atoms with van der Waals surface area (Å²) in [4.78, 5) is 0. The molecule has 0 aromatic heterocycles. The molecule has 0 fully saturated rings. The summed E-state index contributed by atoms with van der Waals surface area (Å²) in [6, 6.07) is 0. The van der Waals surface area contributed by atoms with Crippen LogP contribution in [0, 0.1) is 11.8 Å². The molecule has 6 heteroatoms. The Kier molecular flexibility index (Phi) is 3.04. The highest BCUT2D eigenvalue weighted by molar-refractivity contribution is 5.14. The number of alkyl halides is 5. The zero-order chi connectivity index (χ0) is 9.99. The van der Waals surface area contributed by atoms with E-state index in [0.29, 0.717) is 5.92 Å². The van der Waals surface area contributed by atoms with Crippen LogP contribution in [0.5, 0.6) is 0 Å². The third-order valence-electron chi connectivity index (χ3n) is 0.794. The van der Waals surface area contributed by atoms with Crippen LogP contribution in [0.3, 0.4) is 0 Å². The summed E-state index contributed by atoms with van der Waals surface area (Å²) in [6.07, 6.45) is -7.19. The van der Waals surface area contributed by atoms with Crippen molar-refractivity contribution >= 4 is 0 Å². The minimum Gasteiger partial charge on any atom is -0.381 e. The molecule has 0 heterocycles. The Bertz CT molecular complexity index is 206. The van der Waals surface area contributed by atoms with Crippen LogP contribution in [0.1, 0.15) is 6.92 Å². The molecule has 0 aliphatic carbocycles. The van der Waals surface area contributed by atoms with Gasteiger partial charge in [-0.15, -0.1) is 0 Å². The van der Waals surface area contributed by atoms with Crippen molar-refractivity contribution in [3.8, 4) is 11.8 Å². The minimum absolute atomic E-state index is 0.640. The summed E-state index contributed by atoms with van der Waals surface area (Å²) in [5, 5.41) is 8.31. The molecule has 0 saturated heterocycles. The standard InChI is InChI=1S/C6H5F5O/c1-4(12)2-3-5(7,8)6(9,10)11/h4,12H,1H3. The van der Waals surface area contributed by atoms with E-state index in [4.69, 9.17) is 5.11 Å². The van der Waals surface area contributed by atoms with Crippen molar-refractivity contribution < 1.29 is 27.1 Å². The quantitative estimate of drug-likeness (QED) is 0.452. The summed E-state index contributed by atoms with van der Waals surface area (Å²) in [6.45, 7) is 0.986. The molecular weight excluding hydrogens is 183 g/mol. The highest BCUT2D eigenvalue weighted by Crippen LogP contribution is 2.34. The molecule has 12 heavy (non-hydrogen) atoms. The van der Waals surface area contributed by atoms with Crippen molar-refractivity contribution in [3.63, 3.8) is 0 Å². The fourth-order valence-electron chi connectivity index (χ4n) is 0.266. The molecule has 1 N–H and O–H groups in total. The lowest BCUT2D eigenvalue weighted by molar-refractivity contribution is -0.254. The second-order valence-corrected chi connectivity index (χ2v) is 2.02. The molecular formula is C6H5F5O. The molecule has 70 valence electrons. The maximum absolute atomic E-state index is 11.9. The van der Waals surface area contributed by atoms with Crippen molar-refractivity contribution in [3.05, 3.63) is 0 Å². The van der Waals surface area contributed by atoms with Crippen LogP contribution in [-0.4, -0.2) is 23.3 Å². The van der Waals surface area contributed by atoms with Gasteiger partial charge in [0, 0.05) is 0 Å². The van der Waals surface area contributed by atoms with Crippen LogP contribution in [0.25, 0.3) is 0 Å². The number of aliphatic hydroxyl groups excluding tert-OH is 1. The van der Waals surface area contributed by atoms with E-state index in [2.05, 4.69) is 0 Å². The largest absolute Gasteiger partial charge is 0.466 e. The van der Waals surface area contributed by atoms with Crippen LogP contribution in [0.2, 0.25) is 0 Å². The average molecular weight is 188 g/mol. The Morgan fingerprint density at radius 3 is 1.83 bits per heavy atom. The van der Waals surface area contributed by atoms with Gasteiger partial charge in [-0.05, 0) is 12.8 Å². The second-order valence-electron chi connectivity index (χ2n) is 2.02. The van der Waals surface area contributed by atoms with Gasteiger partial charge in [0.15, 0.2) is 0 Å². The van der Waals surface area contributed by atoms with Crippen LogP contribution in [-0.2, 0) is 0 Å². The maximum atomic E-state index is 11.9. The van der Waals surface area contributed by atoms with Crippen LogP contribution < -0.4 is 0 Å². The topological polar surface area (TPSA) is 20.2 Å². The molecule has 0 spiro atoms. The summed E-state index contributed by atoms with van der Waals surface area (Å²) < 4.78 is 57.8. The molecule has 0 radical (unpaired) electrons. The Labute approximate surface area is 65.2 Å². The van der Waals surface area contributed by atoms with E-state index < -0.39 is 18.2 Å². The predicted molar refractivity (Wildman–Crippen MR) is 30.5 cm³/mol. The molecule has 0 bridgehead atoms. The highest BCUT2D eigenvalue weighted by Gasteiger charge is 2.56. The van der Waals surface area contributed by atoms with Gasteiger partial charge in [-0.25, -0.2) is 0 Å². The van der Waals surface area contributed by atoms with Crippen molar-refractivity contribution in [2.24, 2.45) is 0 Å². The van der Waals surface area contributed by atoms with Crippen LogP contribution in [0.15, 0.2) is 0 Å². The smallest absolute Gasteiger partial charge is 0.381 e. The summed E-state index contributed by atoms with van der Waals surface area (Å²) in [5.74, 6) is -3.08. The van der Waals surface area contributed by atoms with E-state index >= 15 is 0 Å². The van der Waals surface area contributed by atoms with Gasteiger partial charge in [-0.3, -0.25) is 0 Å². The van der Waals surface area contributed by atoms with Gasteiger partial charge >= 0.3 is 12.1 Å². The fraction of sp³-hybridized carbons (Fsp3) is 0.667. The first kappa shape index (κ1) is 11.2. The molecule has 0 aromatic carbocycles. The Morgan fingerprint density at radius 1 is 1.17 bits per heavy atom. The average Bonchev–Trinajstić information content (AvgIpc) is 1.81. The van der Waals surface area contributed by atoms with Crippen LogP contribution in [0.4, 0.5) is 22.0 Å². The molecule has 0 aliphatic heterocycles. The first-order chi connectivity index (χ1) is 5.17. The van der Waals surface area contributed by atoms with Gasteiger partial charge in [0.1, 0.15) is 6.10 Å². The van der Waals surface area contributed by atoms with Gasteiger partial charge in [-0.2, -0.15) is 22.0 Å². The summed E-state index contributed by atoms with van der Waals surface area (Å²) in [5.41, 5.74) is 0. The molecule has 0 saturated carbocycles. The fourth-order valence-corrected chi connectivity index (χ4v) is 0.266. The zero-order valence-electron chi connectivity index (χ0n) is 5.91. The highest BCUT2D eigenvalue weighted by atomic mass is 19.4. The Balaban J connectivity index is 4.57. The van der Waals surface area contributed by atoms with Gasteiger partial charge in [-0.1, -0.05) is 5.92 Å². The normalized spacial score (nSPS) is 14.9. The van der Waals surface area contributed by atoms with Gasteiger partial charge in [0.05, 0.1) is 0 Å². The number of rotatable bonds is 0. The van der Waals surface area contributed by atoms with E-state index in [1.165, 1.54) is 5.92 Å². The SMILES string of the molecule is CC(O)C#CC(F)(F)C(F)(F)F. The van der Waals surface area contributed by atoms with Crippen LogP contribution >= 0.6 is 0 Å². The lowest BCUT2D eigenvalue weighted by Crippen LogP contribution is -2.34. The molecule has 0 amide bonds. The van der Waals surface area contributed by atoms with Gasteiger partial charge < -0.3 is 5.11 Å². The third-order valence-corrected chi connectivity index (χ3v) is 0.794. The van der Waals surface area contributed by atoms with E-state index in [9.17, 15) is 22.0 Å². The monoisotopic (exact) mass is 188 g/mol. The third kappa shape index (κ3) is 3.05. The molecule has 1 atom stereocenters. The van der Waals surface area contributed by atoms with E-state index in [1.807, 2.05) is 0 Å². The molecule has 0 aliphatic rings. The molecule has 1 nitrogen and oxygen atoms in total. The lowest BCUT2D eigenvalue weighted by Gasteiger charge is -2.12. The lowest BCUT2D eigenvalue weighted by atomic mass is 10.3. The summed E-state index contributed by atoms with van der Waals surface area (Å²) in [7, 11) is 0. The number of halogens is 5. The first-order valence-electron chi connectivity index (χ1n) is 2.82. The zero-order valence-corrected chi connectivity index (χ0v) is 5.91. The van der Waals surface area contributed by atoms with E-state index in [1.54, 1.807) is 0 Å². The first-order valence-corrected chi connectivity index (χ1v) is 2.82. The van der Waals surface area contributed by atoms with Crippen molar-refractivity contribution in [1.82, 2.24) is 0 Å². The number of aliphatic hydroxyl groups is 1. The van der Waals surface area contributed by atoms with Gasteiger partial charge in [0.2, 0.25) is 0 Å². The minimum atomic E-state index is -5.69. The molecule has 1 unspecified atom stereocenters. The summed E-state index contributed by atoms with van der Waals surface area (Å²) >= 11 is 0. The van der Waals surface area contributed by atoms with Crippen molar-refractivity contribution in [1.29, 1.82) is 0 Å². The Hall–Kier alpha value is -0.830. The number of hydrogen-bond donors (Lipinski definition) is 1.